The van der Waals surface area contributed by atoms with Crippen LogP contribution in [-0.2, 0) is 0 Å². The third-order valence-electron chi connectivity index (χ3n) is 4.98. The fraction of sp³-hybridized carbons (Fsp3) is 0.474. The zero-order chi connectivity index (χ0) is 17.1. The van der Waals surface area contributed by atoms with Gasteiger partial charge in [0.1, 0.15) is 5.82 Å². The summed E-state index contributed by atoms with van der Waals surface area (Å²) in [5, 5.41) is 5.26. The van der Waals surface area contributed by atoms with Gasteiger partial charge in [-0.3, -0.25) is 10.9 Å². The second-order valence-electron chi connectivity index (χ2n) is 6.89. The molecule has 0 spiro atoms. The molecule has 1 aliphatic carbocycles. The molecule has 5 heteroatoms. The zero-order valence-electron chi connectivity index (χ0n) is 14.6. The monoisotopic (exact) mass is 342 g/mol. The molecule has 0 amide bonds. The summed E-state index contributed by atoms with van der Waals surface area (Å²) in [5.41, 5.74) is 9.64. The highest BCUT2D eigenvalue weighted by atomic mass is 32.1. The topological polar surface area (TPSA) is 49.0 Å². The van der Waals surface area contributed by atoms with E-state index in [0.29, 0.717) is 17.1 Å². The Morgan fingerprint density at radius 2 is 1.96 bits per heavy atom. The molecule has 2 atom stereocenters. The Kier molecular flexibility index (Phi) is 5.19. The smallest absolute Gasteiger partial charge is 0.185 e. The van der Waals surface area contributed by atoms with Gasteiger partial charge in [0, 0.05) is 11.4 Å². The van der Waals surface area contributed by atoms with E-state index in [2.05, 4.69) is 55.1 Å². The predicted octanol–water partition coefficient (Wildman–Crippen LogP) is 4.22. The van der Waals surface area contributed by atoms with Crippen LogP contribution in [0, 0.1) is 19.8 Å². The summed E-state index contributed by atoms with van der Waals surface area (Å²) >= 11 is 5.43. The van der Waals surface area contributed by atoms with E-state index in [9.17, 15) is 0 Å². The van der Waals surface area contributed by atoms with Gasteiger partial charge in [-0.2, -0.15) is 0 Å². The number of fused-ring (bicyclic) bond motifs is 1. The molecule has 0 radical (unpaired) electrons. The van der Waals surface area contributed by atoms with E-state index in [0.717, 1.165) is 11.3 Å². The Hall–Kier alpha value is -1.88. The molecular weight excluding hydrogens is 316 g/mol. The molecule has 1 aliphatic rings. The molecule has 2 aromatic rings. The maximum Gasteiger partial charge on any atom is 0.185 e. The fourth-order valence-corrected chi connectivity index (χ4v) is 3.68. The van der Waals surface area contributed by atoms with Crippen molar-refractivity contribution in [1.29, 1.82) is 0 Å². The molecule has 0 bridgehead atoms. The lowest BCUT2D eigenvalue weighted by atomic mass is 9.86. The third kappa shape index (κ3) is 3.78. The van der Waals surface area contributed by atoms with Crippen LogP contribution in [0.15, 0.2) is 24.3 Å². The van der Waals surface area contributed by atoms with Crippen LogP contribution >= 0.6 is 12.2 Å². The number of hydrazine groups is 1. The molecule has 1 heterocycles. The van der Waals surface area contributed by atoms with Gasteiger partial charge in [0.2, 0.25) is 0 Å². The predicted molar refractivity (Wildman–Crippen MR) is 105 cm³/mol. The van der Waals surface area contributed by atoms with Gasteiger partial charge in [-0.25, -0.2) is 4.98 Å². The number of rotatable bonds is 3. The van der Waals surface area contributed by atoms with Crippen molar-refractivity contribution < 1.29 is 0 Å². The molecule has 1 aromatic carbocycles. The first-order valence-electron chi connectivity index (χ1n) is 8.74. The lowest BCUT2D eigenvalue weighted by Gasteiger charge is -2.30. The van der Waals surface area contributed by atoms with Crippen LogP contribution in [0.5, 0.6) is 0 Å². The molecule has 4 nitrogen and oxygen atoms in total. The maximum atomic E-state index is 5.43. The van der Waals surface area contributed by atoms with Crippen molar-refractivity contribution in [3.8, 4) is 0 Å². The molecule has 3 rings (SSSR count). The summed E-state index contributed by atoms with van der Waals surface area (Å²) in [6.45, 7) is 6.49. The SMILES string of the molecule is Cc1cc(NNC(=S)N[C@@H]2CCCC[C@H]2C)nc2c(C)cccc12. The second-order valence-corrected chi connectivity index (χ2v) is 7.30. The average molecular weight is 343 g/mol. The number of benzene rings is 1. The van der Waals surface area contributed by atoms with Gasteiger partial charge in [0.25, 0.3) is 0 Å². The number of hydrogen-bond donors (Lipinski definition) is 3. The second kappa shape index (κ2) is 7.34. The van der Waals surface area contributed by atoms with Crippen molar-refractivity contribution in [2.75, 3.05) is 5.43 Å². The van der Waals surface area contributed by atoms with Gasteiger partial charge in [-0.15, -0.1) is 0 Å². The average Bonchev–Trinajstić information content (AvgIpc) is 2.56. The minimum atomic E-state index is 0.467. The summed E-state index contributed by atoms with van der Waals surface area (Å²) in [5.74, 6) is 1.46. The van der Waals surface area contributed by atoms with E-state index in [-0.39, 0.29) is 0 Å². The van der Waals surface area contributed by atoms with Crippen LogP contribution in [0.3, 0.4) is 0 Å². The summed E-state index contributed by atoms with van der Waals surface area (Å²) in [6.07, 6.45) is 5.08. The van der Waals surface area contributed by atoms with Gasteiger partial charge < -0.3 is 5.32 Å². The molecule has 24 heavy (non-hydrogen) atoms. The van der Waals surface area contributed by atoms with E-state index in [4.69, 9.17) is 17.2 Å². The quantitative estimate of drug-likeness (QED) is 0.576. The first-order valence-corrected chi connectivity index (χ1v) is 9.15. The van der Waals surface area contributed by atoms with E-state index in [1.807, 2.05) is 6.07 Å². The Morgan fingerprint density at radius 1 is 1.17 bits per heavy atom. The minimum absolute atomic E-state index is 0.467. The van der Waals surface area contributed by atoms with E-state index >= 15 is 0 Å². The number of para-hydroxylation sites is 1. The standard InChI is InChI=1S/C19H26N4S/c1-12-7-4-5-10-16(12)20-19(24)23-22-17-11-14(3)15-9-6-8-13(2)18(15)21-17/h6,8-9,11-12,16H,4-5,7,10H2,1-3H3,(H,21,22)(H2,20,23,24)/t12-,16-/m1/s1. The van der Waals surface area contributed by atoms with Gasteiger partial charge >= 0.3 is 0 Å². The van der Waals surface area contributed by atoms with Crippen LogP contribution < -0.4 is 16.2 Å². The van der Waals surface area contributed by atoms with Crippen LogP contribution in [-0.4, -0.2) is 16.1 Å². The molecule has 0 unspecified atom stereocenters. The van der Waals surface area contributed by atoms with Crippen molar-refractivity contribution >= 4 is 34.1 Å². The van der Waals surface area contributed by atoms with Crippen molar-refractivity contribution in [3.63, 3.8) is 0 Å². The first kappa shape index (κ1) is 17.0. The van der Waals surface area contributed by atoms with Gasteiger partial charge in [-0.05, 0) is 62.0 Å². The third-order valence-corrected chi connectivity index (χ3v) is 5.20. The number of anilines is 1. The summed E-state index contributed by atoms with van der Waals surface area (Å²) < 4.78 is 0. The summed E-state index contributed by atoms with van der Waals surface area (Å²) in [4.78, 5) is 4.71. The summed E-state index contributed by atoms with van der Waals surface area (Å²) in [6, 6.07) is 8.78. The summed E-state index contributed by atoms with van der Waals surface area (Å²) in [7, 11) is 0. The van der Waals surface area contributed by atoms with Crippen LogP contribution in [0.1, 0.15) is 43.7 Å². The molecule has 3 N–H and O–H groups in total. The van der Waals surface area contributed by atoms with Gasteiger partial charge in [0.15, 0.2) is 5.11 Å². The first-order chi connectivity index (χ1) is 11.5. The molecule has 1 aromatic heterocycles. The van der Waals surface area contributed by atoms with E-state index in [1.165, 1.54) is 42.2 Å². The van der Waals surface area contributed by atoms with Crippen molar-refractivity contribution in [2.45, 2.75) is 52.5 Å². The molecule has 128 valence electrons. The number of aromatic nitrogens is 1. The lowest BCUT2D eigenvalue weighted by Crippen LogP contribution is -2.47. The maximum absolute atomic E-state index is 5.43. The fourth-order valence-electron chi connectivity index (χ4n) is 3.48. The van der Waals surface area contributed by atoms with Crippen molar-refractivity contribution in [3.05, 3.63) is 35.4 Å². The van der Waals surface area contributed by atoms with E-state index < -0.39 is 0 Å². The van der Waals surface area contributed by atoms with Crippen molar-refractivity contribution in [2.24, 2.45) is 5.92 Å². The number of nitrogens with zero attached hydrogens (tertiary/aromatic N) is 1. The number of pyridine rings is 1. The van der Waals surface area contributed by atoms with Crippen molar-refractivity contribution in [1.82, 2.24) is 15.7 Å². The molecule has 1 fully saturated rings. The zero-order valence-corrected chi connectivity index (χ0v) is 15.5. The Bertz CT molecular complexity index is 743. The molecular formula is C19H26N4S. The normalized spacial score (nSPS) is 20.6. The number of nitrogens with one attached hydrogen (secondary N) is 3. The Balaban J connectivity index is 1.65. The molecule has 1 saturated carbocycles. The highest BCUT2D eigenvalue weighted by Crippen LogP contribution is 2.24. The number of aryl methyl sites for hydroxylation is 2. The molecule has 0 aliphatic heterocycles. The lowest BCUT2D eigenvalue weighted by molar-refractivity contribution is 0.308. The van der Waals surface area contributed by atoms with Crippen LogP contribution in [0.2, 0.25) is 0 Å². The van der Waals surface area contributed by atoms with Crippen LogP contribution in [0.25, 0.3) is 10.9 Å². The number of hydrogen-bond acceptors (Lipinski definition) is 3. The van der Waals surface area contributed by atoms with Crippen LogP contribution in [0.4, 0.5) is 5.82 Å². The largest absolute Gasteiger partial charge is 0.358 e. The van der Waals surface area contributed by atoms with E-state index in [1.54, 1.807) is 0 Å². The van der Waals surface area contributed by atoms with Gasteiger partial charge in [0.05, 0.1) is 5.52 Å². The minimum Gasteiger partial charge on any atom is -0.358 e. The Labute approximate surface area is 149 Å². The van der Waals surface area contributed by atoms with Gasteiger partial charge in [-0.1, -0.05) is 38.0 Å². The highest BCUT2D eigenvalue weighted by molar-refractivity contribution is 7.80. The Morgan fingerprint density at radius 3 is 2.75 bits per heavy atom. The molecule has 0 saturated heterocycles. The number of thiocarbonyl (C=S) groups is 1. The highest BCUT2D eigenvalue weighted by Gasteiger charge is 2.21.